The Morgan fingerprint density at radius 3 is 3.07 bits per heavy atom. The Morgan fingerprint density at radius 2 is 2.40 bits per heavy atom. The van der Waals surface area contributed by atoms with Crippen LogP contribution >= 0.6 is 0 Å². The van der Waals surface area contributed by atoms with Crippen LogP contribution in [-0.4, -0.2) is 34.2 Å². The number of hydrogen-bond donors (Lipinski definition) is 1. The first-order valence-corrected chi connectivity index (χ1v) is 5.56. The quantitative estimate of drug-likeness (QED) is 0.793. The molecule has 3 nitrogen and oxygen atoms in total. The normalized spacial score (nSPS) is 22.9. The summed E-state index contributed by atoms with van der Waals surface area (Å²) in [5, 5.41) is 9.54. The van der Waals surface area contributed by atoms with Gasteiger partial charge in [0.2, 0.25) is 0 Å². The Labute approximate surface area is 90.8 Å². The van der Waals surface area contributed by atoms with Crippen molar-refractivity contribution in [2.45, 2.75) is 32.4 Å². The number of nitrogens with zero attached hydrogens (tertiary/aromatic N) is 2. The number of aromatic nitrogens is 1. The molecule has 82 valence electrons. The van der Waals surface area contributed by atoms with Gasteiger partial charge in [-0.2, -0.15) is 0 Å². The highest BCUT2D eigenvalue weighted by molar-refractivity contribution is 5.13. The molecular formula is C12H18N2O. The van der Waals surface area contributed by atoms with Crippen molar-refractivity contribution < 1.29 is 5.11 Å². The minimum atomic E-state index is -0.142. The molecule has 0 radical (unpaired) electrons. The van der Waals surface area contributed by atoms with Gasteiger partial charge < -0.3 is 5.11 Å². The van der Waals surface area contributed by atoms with Gasteiger partial charge in [0.05, 0.1) is 6.10 Å². The van der Waals surface area contributed by atoms with Gasteiger partial charge in [0.25, 0.3) is 0 Å². The fourth-order valence-corrected chi connectivity index (χ4v) is 2.02. The van der Waals surface area contributed by atoms with Gasteiger partial charge in [-0.15, -0.1) is 0 Å². The Balaban J connectivity index is 1.93. The maximum Gasteiger partial charge on any atom is 0.0667 e. The molecule has 0 aliphatic carbocycles. The summed E-state index contributed by atoms with van der Waals surface area (Å²) in [6.45, 7) is 4.79. The number of aliphatic hydroxyl groups excluding tert-OH is 1. The zero-order chi connectivity index (χ0) is 10.7. The molecule has 2 heterocycles. The van der Waals surface area contributed by atoms with Gasteiger partial charge in [-0.1, -0.05) is 6.07 Å². The standard InChI is InChI=1S/C12H18N2O/c1-10-4-5-11(7-13-10)8-14-6-2-3-12(15)9-14/h4-5,7,12,15H,2-3,6,8-9H2,1H3. The lowest BCUT2D eigenvalue weighted by Crippen LogP contribution is -2.37. The van der Waals surface area contributed by atoms with Gasteiger partial charge in [-0.3, -0.25) is 9.88 Å². The Hall–Kier alpha value is -0.930. The summed E-state index contributed by atoms with van der Waals surface area (Å²) in [6, 6.07) is 4.15. The molecular weight excluding hydrogens is 188 g/mol. The van der Waals surface area contributed by atoms with Crippen molar-refractivity contribution in [2.24, 2.45) is 0 Å². The molecule has 0 amide bonds. The Kier molecular flexibility index (Phi) is 3.34. The van der Waals surface area contributed by atoms with E-state index < -0.39 is 0 Å². The van der Waals surface area contributed by atoms with Crippen LogP contribution in [0.2, 0.25) is 0 Å². The minimum absolute atomic E-state index is 0.142. The maximum absolute atomic E-state index is 9.54. The number of hydrogen-bond acceptors (Lipinski definition) is 3. The van der Waals surface area contributed by atoms with Crippen molar-refractivity contribution >= 4 is 0 Å². The van der Waals surface area contributed by atoms with E-state index in [1.165, 1.54) is 5.56 Å². The van der Waals surface area contributed by atoms with Crippen molar-refractivity contribution in [3.8, 4) is 0 Å². The molecule has 0 spiro atoms. The largest absolute Gasteiger partial charge is 0.392 e. The van der Waals surface area contributed by atoms with E-state index in [-0.39, 0.29) is 6.10 Å². The van der Waals surface area contributed by atoms with Gasteiger partial charge in [0.15, 0.2) is 0 Å². The third-order valence-corrected chi connectivity index (χ3v) is 2.86. The highest BCUT2D eigenvalue weighted by Gasteiger charge is 2.17. The fraction of sp³-hybridized carbons (Fsp3) is 0.583. The van der Waals surface area contributed by atoms with Crippen molar-refractivity contribution in [1.82, 2.24) is 9.88 Å². The van der Waals surface area contributed by atoms with Crippen molar-refractivity contribution in [2.75, 3.05) is 13.1 Å². The van der Waals surface area contributed by atoms with Gasteiger partial charge in [0, 0.05) is 25.0 Å². The summed E-state index contributed by atoms with van der Waals surface area (Å²) in [5.74, 6) is 0. The van der Waals surface area contributed by atoms with E-state index in [0.717, 1.165) is 38.2 Å². The smallest absolute Gasteiger partial charge is 0.0667 e. The zero-order valence-corrected chi connectivity index (χ0v) is 9.19. The van der Waals surface area contributed by atoms with Gasteiger partial charge in [-0.25, -0.2) is 0 Å². The lowest BCUT2D eigenvalue weighted by Gasteiger charge is -2.29. The molecule has 1 aliphatic heterocycles. The van der Waals surface area contributed by atoms with Crippen LogP contribution in [0.25, 0.3) is 0 Å². The van der Waals surface area contributed by atoms with Crippen LogP contribution < -0.4 is 0 Å². The highest BCUT2D eigenvalue weighted by Crippen LogP contribution is 2.13. The molecule has 0 bridgehead atoms. The van der Waals surface area contributed by atoms with Crippen molar-refractivity contribution in [3.05, 3.63) is 29.6 Å². The number of likely N-dealkylation sites (tertiary alicyclic amines) is 1. The van der Waals surface area contributed by atoms with Gasteiger partial charge in [-0.05, 0) is 37.9 Å². The summed E-state index contributed by atoms with van der Waals surface area (Å²) in [4.78, 5) is 6.57. The first-order valence-electron chi connectivity index (χ1n) is 5.56. The monoisotopic (exact) mass is 206 g/mol. The topological polar surface area (TPSA) is 36.4 Å². The molecule has 1 aliphatic rings. The number of pyridine rings is 1. The first-order chi connectivity index (χ1) is 7.24. The van der Waals surface area contributed by atoms with Crippen molar-refractivity contribution in [3.63, 3.8) is 0 Å². The summed E-state index contributed by atoms with van der Waals surface area (Å²) in [7, 11) is 0. The summed E-state index contributed by atoms with van der Waals surface area (Å²) >= 11 is 0. The molecule has 3 heteroatoms. The summed E-state index contributed by atoms with van der Waals surface area (Å²) in [5.41, 5.74) is 2.28. The zero-order valence-electron chi connectivity index (χ0n) is 9.19. The van der Waals surface area contributed by atoms with Crippen molar-refractivity contribution in [1.29, 1.82) is 0 Å². The first kappa shape index (κ1) is 10.6. The highest BCUT2D eigenvalue weighted by atomic mass is 16.3. The SMILES string of the molecule is Cc1ccc(CN2CCCC(O)C2)cn1. The van der Waals surface area contributed by atoms with E-state index in [2.05, 4.69) is 16.0 Å². The molecule has 0 saturated carbocycles. The molecule has 1 aromatic rings. The number of piperidine rings is 1. The lowest BCUT2D eigenvalue weighted by atomic mass is 10.1. The third kappa shape index (κ3) is 3.01. The third-order valence-electron chi connectivity index (χ3n) is 2.86. The van der Waals surface area contributed by atoms with Crippen LogP contribution in [0.1, 0.15) is 24.1 Å². The number of aryl methyl sites for hydroxylation is 1. The Bertz CT molecular complexity index is 310. The number of aliphatic hydroxyl groups is 1. The molecule has 1 aromatic heterocycles. The van der Waals surface area contributed by atoms with Crippen LogP contribution in [0.3, 0.4) is 0 Å². The van der Waals surface area contributed by atoms with E-state index in [1.54, 1.807) is 0 Å². The molecule has 1 unspecified atom stereocenters. The number of rotatable bonds is 2. The second-order valence-electron chi connectivity index (χ2n) is 4.34. The van der Waals surface area contributed by atoms with E-state index >= 15 is 0 Å². The van der Waals surface area contributed by atoms with Crippen LogP contribution in [0.4, 0.5) is 0 Å². The van der Waals surface area contributed by atoms with Gasteiger partial charge >= 0.3 is 0 Å². The van der Waals surface area contributed by atoms with E-state index in [1.807, 2.05) is 19.2 Å². The summed E-state index contributed by atoms with van der Waals surface area (Å²) < 4.78 is 0. The van der Waals surface area contributed by atoms with E-state index in [0.29, 0.717) is 0 Å². The van der Waals surface area contributed by atoms with Gasteiger partial charge in [0.1, 0.15) is 0 Å². The molecule has 1 fully saturated rings. The molecule has 2 rings (SSSR count). The lowest BCUT2D eigenvalue weighted by molar-refractivity contribution is 0.0668. The molecule has 1 saturated heterocycles. The average Bonchev–Trinajstić information content (AvgIpc) is 2.22. The average molecular weight is 206 g/mol. The molecule has 15 heavy (non-hydrogen) atoms. The predicted octanol–water partition coefficient (Wildman–Crippen LogP) is 1.35. The predicted molar refractivity (Wildman–Crippen MR) is 59.5 cm³/mol. The van der Waals surface area contributed by atoms with Crippen LogP contribution in [-0.2, 0) is 6.54 Å². The Morgan fingerprint density at radius 1 is 1.53 bits per heavy atom. The van der Waals surface area contributed by atoms with E-state index in [9.17, 15) is 5.11 Å². The number of β-amino-alcohol motifs (C(OH)–C–C–N with tert-alkyl or cyclic N) is 1. The summed E-state index contributed by atoms with van der Waals surface area (Å²) in [6.07, 6.45) is 3.83. The minimum Gasteiger partial charge on any atom is -0.392 e. The fourth-order valence-electron chi connectivity index (χ4n) is 2.02. The maximum atomic E-state index is 9.54. The molecule has 0 aromatic carbocycles. The second-order valence-corrected chi connectivity index (χ2v) is 4.34. The second kappa shape index (κ2) is 4.73. The van der Waals surface area contributed by atoms with Crippen LogP contribution in [0.15, 0.2) is 18.3 Å². The molecule has 1 N–H and O–H groups in total. The van der Waals surface area contributed by atoms with Crippen LogP contribution in [0.5, 0.6) is 0 Å². The van der Waals surface area contributed by atoms with Crippen LogP contribution in [0, 0.1) is 6.92 Å². The van der Waals surface area contributed by atoms with E-state index in [4.69, 9.17) is 0 Å². The molecule has 1 atom stereocenters.